The van der Waals surface area contributed by atoms with Crippen LogP contribution >= 0.6 is 12.4 Å². The zero-order valence-corrected chi connectivity index (χ0v) is 10.4. The van der Waals surface area contributed by atoms with Gasteiger partial charge in [-0.2, -0.15) is 0 Å². The van der Waals surface area contributed by atoms with E-state index in [1.54, 1.807) is 0 Å². The van der Waals surface area contributed by atoms with Crippen molar-refractivity contribution in [3.63, 3.8) is 0 Å². The van der Waals surface area contributed by atoms with Crippen LogP contribution in [-0.4, -0.2) is 12.6 Å². The first-order chi connectivity index (χ1) is 6.43. The number of nitrogens with one attached hydrogen (secondary N) is 1. The summed E-state index contributed by atoms with van der Waals surface area (Å²) in [4.78, 5) is 0. The molecule has 0 amide bonds. The molecule has 0 aliphatic heterocycles. The SMILES string of the molecule is CCCCCCNC1CCCCC1.Cl. The fourth-order valence-corrected chi connectivity index (χ4v) is 2.16. The van der Waals surface area contributed by atoms with Gasteiger partial charge in [-0.25, -0.2) is 0 Å². The second kappa shape index (κ2) is 9.79. The van der Waals surface area contributed by atoms with Crippen molar-refractivity contribution >= 4 is 12.4 Å². The average Bonchev–Trinajstić information content (AvgIpc) is 2.19. The maximum Gasteiger partial charge on any atom is 0.00670 e. The van der Waals surface area contributed by atoms with Gasteiger partial charge in [0.05, 0.1) is 0 Å². The van der Waals surface area contributed by atoms with E-state index in [9.17, 15) is 0 Å². The predicted molar refractivity (Wildman–Crippen MR) is 66.3 cm³/mol. The third kappa shape index (κ3) is 6.67. The highest BCUT2D eigenvalue weighted by Crippen LogP contribution is 2.17. The number of rotatable bonds is 6. The Kier molecular flexibility index (Phi) is 9.97. The van der Waals surface area contributed by atoms with Crippen molar-refractivity contribution in [1.82, 2.24) is 5.32 Å². The lowest BCUT2D eigenvalue weighted by molar-refractivity contribution is 0.370. The quantitative estimate of drug-likeness (QED) is 0.668. The molecule has 1 aliphatic rings. The molecular formula is C12H26ClN. The summed E-state index contributed by atoms with van der Waals surface area (Å²) in [7, 11) is 0. The Bertz CT molecular complexity index is 111. The lowest BCUT2D eigenvalue weighted by Crippen LogP contribution is -2.31. The molecule has 0 atom stereocenters. The molecule has 0 saturated heterocycles. The van der Waals surface area contributed by atoms with Crippen LogP contribution in [0.2, 0.25) is 0 Å². The topological polar surface area (TPSA) is 12.0 Å². The van der Waals surface area contributed by atoms with E-state index < -0.39 is 0 Å². The molecule has 14 heavy (non-hydrogen) atoms. The molecule has 1 nitrogen and oxygen atoms in total. The van der Waals surface area contributed by atoms with Crippen LogP contribution in [0.4, 0.5) is 0 Å². The Balaban J connectivity index is 0.00000169. The summed E-state index contributed by atoms with van der Waals surface area (Å²) in [5, 5.41) is 3.68. The van der Waals surface area contributed by atoms with Crippen molar-refractivity contribution < 1.29 is 0 Å². The van der Waals surface area contributed by atoms with Gasteiger partial charge in [0, 0.05) is 6.04 Å². The lowest BCUT2D eigenvalue weighted by Gasteiger charge is -2.22. The zero-order chi connectivity index (χ0) is 9.36. The van der Waals surface area contributed by atoms with E-state index in [-0.39, 0.29) is 12.4 Å². The molecule has 1 fully saturated rings. The van der Waals surface area contributed by atoms with Crippen LogP contribution in [0, 0.1) is 0 Å². The van der Waals surface area contributed by atoms with Gasteiger partial charge in [0.2, 0.25) is 0 Å². The van der Waals surface area contributed by atoms with Crippen molar-refractivity contribution in [2.24, 2.45) is 0 Å². The molecule has 86 valence electrons. The van der Waals surface area contributed by atoms with Gasteiger partial charge in [0.25, 0.3) is 0 Å². The molecule has 2 heteroatoms. The van der Waals surface area contributed by atoms with Crippen molar-refractivity contribution in [2.75, 3.05) is 6.54 Å². The molecule has 1 aliphatic carbocycles. The van der Waals surface area contributed by atoms with Crippen molar-refractivity contribution in [3.8, 4) is 0 Å². The number of halogens is 1. The summed E-state index contributed by atoms with van der Waals surface area (Å²) in [6.45, 7) is 3.53. The Hall–Kier alpha value is 0.250. The minimum atomic E-state index is 0. The molecular weight excluding hydrogens is 194 g/mol. The van der Waals surface area contributed by atoms with Crippen LogP contribution in [0.3, 0.4) is 0 Å². The van der Waals surface area contributed by atoms with Gasteiger partial charge in [0.1, 0.15) is 0 Å². The monoisotopic (exact) mass is 219 g/mol. The van der Waals surface area contributed by atoms with Crippen molar-refractivity contribution in [3.05, 3.63) is 0 Å². The largest absolute Gasteiger partial charge is 0.314 e. The first-order valence-electron chi connectivity index (χ1n) is 6.17. The molecule has 1 rings (SSSR count). The van der Waals surface area contributed by atoms with Gasteiger partial charge in [-0.05, 0) is 25.8 Å². The number of hydrogen-bond donors (Lipinski definition) is 1. The van der Waals surface area contributed by atoms with Crippen LogP contribution in [0.5, 0.6) is 0 Å². The smallest absolute Gasteiger partial charge is 0.00670 e. The van der Waals surface area contributed by atoms with E-state index in [4.69, 9.17) is 0 Å². The fraction of sp³-hybridized carbons (Fsp3) is 1.00. The summed E-state index contributed by atoms with van der Waals surface area (Å²) in [6.07, 6.45) is 12.8. The molecule has 0 bridgehead atoms. The molecule has 0 aromatic rings. The molecule has 1 N–H and O–H groups in total. The third-order valence-electron chi connectivity index (χ3n) is 3.07. The predicted octanol–water partition coefficient (Wildman–Crippen LogP) is 3.91. The first-order valence-corrected chi connectivity index (χ1v) is 6.17. The van der Waals surface area contributed by atoms with Gasteiger partial charge >= 0.3 is 0 Å². The lowest BCUT2D eigenvalue weighted by atomic mass is 9.95. The van der Waals surface area contributed by atoms with Gasteiger partial charge in [-0.15, -0.1) is 12.4 Å². The third-order valence-corrected chi connectivity index (χ3v) is 3.07. The Morgan fingerprint density at radius 2 is 1.71 bits per heavy atom. The summed E-state index contributed by atoms with van der Waals surface area (Å²) in [5.41, 5.74) is 0. The van der Waals surface area contributed by atoms with Gasteiger partial charge in [-0.3, -0.25) is 0 Å². The van der Waals surface area contributed by atoms with E-state index in [1.807, 2.05) is 0 Å². The van der Waals surface area contributed by atoms with Gasteiger partial charge in [0.15, 0.2) is 0 Å². The summed E-state index contributed by atoms with van der Waals surface area (Å²) < 4.78 is 0. The first kappa shape index (κ1) is 14.2. The van der Waals surface area contributed by atoms with Crippen LogP contribution in [-0.2, 0) is 0 Å². The highest BCUT2D eigenvalue weighted by molar-refractivity contribution is 5.85. The van der Waals surface area contributed by atoms with E-state index in [0.717, 1.165) is 6.04 Å². The van der Waals surface area contributed by atoms with Crippen LogP contribution < -0.4 is 5.32 Å². The van der Waals surface area contributed by atoms with E-state index >= 15 is 0 Å². The summed E-state index contributed by atoms with van der Waals surface area (Å²) in [6, 6.07) is 0.857. The van der Waals surface area contributed by atoms with Crippen molar-refractivity contribution in [2.45, 2.75) is 70.8 Å². The Morgan fingerprint density at radius 3 is 2.36 bits per heavy atom. The summed E-state index contributed by atoms with van der Waals surface area (Å²) >= 11 is 0. The maximum atomic E-state index is 3.68. The maximum absolute atomic E-state index is 3.68. The van der Waals surface area contributed by atoms with Crippen LogP contribution in [0.1, 0.15) is 64.7 Å². The van der Waals surface area contributed by atoms with Crippen molar-refractivity contribution in [1.29, 1.82) is 0 Å². The molecule has 1 saturated carbocycles. The molecule has 0 unspecified atom stereocenters. The van der Waals surface area contributed by atoms with Gasteiger partial charge in [-0.1, -0.05) is 45.4 Å². The van der Waals surface area contributed by atoms with Crippen LogP contribution in [0.25, 0.3) is 0 Å². The Labute approximate surface area is 95.5 Å². The number of hydrogen-bond acceptors (Lipinski definition) is 1. The Morgan fingerprint density at radius 1 is 1.00 bits per heavy atom. The molecule has 0 spiro atoms. The minimum absolute atomic E-state index is 0. The van der Waals surface area contributed by atoms with E-state index in [0.29, 0.717) is 0 Å². The normalized spacial score (nSPS) is 17.8. The standard InChI is InChI=1S/C12H25N.ClH/c1-2-3-4-8-11-13-12-9-6-5-7-10-12;/h12-13H,2-11H2,1H3;1H. The van der Waals surface area contributed by atoms with E-state index in [1.165, 1.54) is 64.3 Å². The summed E-state index contributed by atoms with van der Waals surface area (Å²) in [5.74, 6) is 0. The average molecular weight is 220 g/mol. The highest BCUT2D eigenvalue weighted by atomic mass is 35.5. The number of unbranched alkanes of at least 4 members (excludes halogenated alkanes) is 3. The molecule has 0 aromatic carbocycles. The van der Waals surface area contributed by atoms with E-state index in [2.05, 4.69) is 12.2 Å². The fourth-order valence-electron chi connectivity index (χ4n) is 2.16. The highest BCUT2D eigenvalue weighted by Gasteiger charge is 2.11. The second-order valence-electron chi connectivity index (χ2n) is 4.35. The minimum Gasteiger partial charge on any atom is -0.314 e. The molecule has 0 radical (unpaired) electrons. The molecule has 0 heterocycles. The zero-order valence-electron chi connectivity index (χ0n) is 9.56. The van der Waals surface area contributed by atoms with Crippen LogP contribution in [0.15, 0.2) is 0 Å². The van der Waals surface area contributed by atoms with Gasteiger partial charge < -0.3 is 5.32 Å². The molecule has 0 aromatic heterocycles. The second-order valence-corrected chi connectivity index (χ2v) is 4.35.